The predicted octanol–water partition coefficient (Wildman–Crippen LogP) is 2.44. The van der Waals surface area contributed by atoms with Gasteiger partial charge in [0.15, 0.2) is 5.82 Å². The van der Waals surface area contributed by atoms with E-state index in [1.807, 2.05) is 30.3 Å². The minimum Gasteiger partial charge on any atom is -0.339 e. The summed E-state index contributed by atoms with van der Waals surface area (Å²) in [5, 5.41) is 4.03. The minimum absolute atomic E-state index is 0.0869. The lowest BCUT2D eigenvalue weighted by molar-refractivity contribution is 0.365. The molecule has 3 unspecified atom stereocenters. The number of nitrogens with two attached hydrogens (primary N) is 1. The molecule has 1 heterocycles. The van der Waals surface area contributed by atoms with E-state index in [0.717, 1.165) is 11.4 Å². The van der Waals surface area contributed by atoms with Crippen LogP contribution in [0.3, 0.4) is 0 Å². The molecule has 18 heavy (non-hydrogen) atoms. The summed E-state index contributed by atoms with van der Waals surface area (Å²) in [6, 6.07) is 9.91. The Morgan fingerprint density at radius 2 is 2.11 bits per heavy atom. The van der Waals surface area contributed by atoms with Crippen LogP contribution in [0, 0.1) is 5.92 Å². The van der Waals surface area contributed by atoms with E-state index in [9.17, 15) is 0 Å². The van der Waals surface area contributed by atoms with Crippen molar-refractivity contribution in [2.45, 2.75) is 31.7 Å². The molecule has 3 rings (SSSR count). The summed E-state index contributed by atoms with van der Waals surface area (Å²) in [4.78, 5) is 4.43. The van der Waals surface area contributed by atoms with Gasteiger partial charge >= 0.3 is 0 Å². The van der Waals surface area contributed by atoms with Gasteiger partial charge in [-0.2, -0.15) is 4.98 Å². The van der Waals surface area contributed by atoms with E-state index in [-0.39, 0.29) is 6.04 Å². The number of aromatic nitrogens is 2. The molecule has 1 aliphatic carbocycles. The Morgan fingerprint density at radius 1 is 1.39 bits per heavy atom. The topological polar surface area (TPSA) is 64.9 Å². The minimum atomic E-state index is -0.0869. The van der Waals surface area contributed by atoms with Crippen LogP contribution in [0.5, 0.6) is 0 Å². The molecule has 94 valence electrons. The number of hydrogen-bond donors (Lipinski definition) is 1. The van der Waals surface area contributed by atoms with E-state index < -0.39 is 0 Å². The molecule has 4 heteroatoms. The maximum absolute atomic E-state index is 6.13. The van der Waals surface area contributed by atoms with Crippen molar-refractivity contribution in [1.82, 2.24) is 10.1 Å². The van der Waals surface area contributed by atoms with Crippen molar-refractivity contribution in [3.05, 3.63) is 47.6 Å². The lowest BCUT2D eigenvalue weighted by atomic mass is 10.1. The molecule has 0 spiro atoms. The second-order valence-electron chi connectivity index (χ2n) is 5.09. The maximum atomic E-state index is 6.13. The van der Waals surface area contributed by atoms with Gasteiger partial charge in [-0.05, 0) is 17.9 Å². The summed E-state index contributed by atoms with van der Waals surface area (Å²) in [7, 11) is 0. The average molecular weight is 243 g/mol. The van der Waals surface area contributed by atoms with E-state index in [2.05, 4.69) is 17.1 Å². The number of benzene rings is 1. The molecule has 0 aliphatic heterocycles. The van der Waals surface area contributed by atoms with Gasteiger partial charge in [-0.15, -0.1) is 0 Å². The average Bonchev–Trinajstić information content (AvgIpc) is 2.94. The Bertz CT molecular complexity index is 523. The summed E-state index contributed by atoms with van der Waals surface area (Å²) in [6.07, 6.45) is 1.77. The SMILES string of the molecule is CC1CC1c1noc(CC(N)c2ccccc2)n1. The van der Waals surface area contributed by atoms with Crippen molar-refractivity contribution in [2.24, 2.45) is 11.7 Å². The zero-order chi connectivity index (χ0) is 12.5. The van der Waals surface area contributed by atoms with E-state index in [1.54, 1.807) is 0 Å². The van der Waals surface area contributed by atoms with Gasteiger partial charge in [0, 0.05) is 18.4 Å². The quantitative estimate of drug-likeness (QED) is 0.895. The second-order valence-corrected chi connectivity index (χ2v) is 5.09. The molecule has 1 aromatic heterocycles. The number of hydrogen-bond acceptors (Lipinski definition) is 4. The van der Waals surface area contributed by atoms with Gasteiger partial charge in [0.25, 0.3) is 0 Å². The Hall–Kier alpha value is -1.68. The van der Waals surface area contributed by atoms with Crippen LogP contribution >= 0.6 is 0 Å². The van der Waals surface area contributed by atoms with Crippen molar-refractivity contribution in [1.29, 1.82) is 0 Å². The van der Waals surface area contributed by atoms with Gasteiger partial charge in [-0.25, -0.2) is 0 Å². The predicted molar refractivity (Wildman–Crippen MR) is 67.9 cm³/mol. The summed E-state index contributed by atoms with van der Waals surface area (Å²) < 4.78 is 5.27. The largest absolute Gasteiger partial charge is 0.339 e. The lowest BCUT2D eigenvalue weighted by Gasteiger charge is -2.08. The molecule has 2 aromatic rings. The highest BCUT2D eigenvalue weighted by molar-refractivity contribution is 5.19. The number of nitrogens with zero attached hydrogens (tertiary/aromatic N) is 2. The highest BCUT2D eigenvalue weighted by atomic mass is 16.5. The van der Waals surface area contributed by atoms with Crippen LogP contribution in [0.1, 0.15) is 42.6 Å². The van der Waals surface area contributed by atoms with Crippen molar-refractivity contribution in [2.75, 3.05) is 0 Å². The van der Waals surface area contributed by atoms with Gasteiger partial charge < -0.3 is 10.3 Å². The highest BCUT2D eigenvalue weighted by Crippen LogP contribution is 2.45. The van der Waals surface area contributed by atoms with Crippen LogP contribution in [0.2, 0.25) is 0 Å². The zero-order valence-electron chi connectivity index (χ0n) is 10.4. The third-order valence-electron chi connectivity index (χ3n) is 3.55. The fraction of sp³-hybridized carbons (Fsp3) is 0.429. The van der Waals surface area contributed by atoms with Gasteiger partial charge in [0.2, 0.25) is 5.89 Å². The normalized spacial score (nSPS) is 23.9. The molecule has 0 radical (unpaired) electrons. The number of rotatable bonds is 4. The van der Waals surface area contributed by atoms with Gasteiger partial charge in [0.1, 0.15) is 0 Å². The molecule has 2 N–H and O–H groups in total. The van der Waals surface area contributed by atoms with Crippen LogP contribution in [0.25, 0.3) is 0 Å². The van der Waals surface area contributed by atoms with E-state index in [4.69, 9.17) is 10.3 Å². The Kier molecular flexibility index (Phi) is 2.88. The molecule has 0 bridgehead atoms. The molecule has 4 nitrogen and oxygen atoms in total. The van der Waals surface area contributed by atoms with Crippen LogP contribution in [-0.4, -0.2) is 10.1 Å². The molecule has 3 atom stereocenters. The van der Waals surface area contributed by atoms with Crippen molar-refractivity contribution in [3.8, 4) is 0 Å². The van der Waals surface area contributed by atoms with E-state index in [0.29, 0.717) is 24.1 Å². The molecule has 1 aromatic carbocycles. The Balaban J connectivity index is 1.67. The molecule has 0 amide bonds. The van der Waals surface area contributed by atoms with E-state index >= 15 is 0 Å². The fourth-order valence-corrected chi connectivity index (χ4v) is 2.19. The van der Waals surface area contributed by atoms with Gasteiger partial charge in [0.05, 0.1) is 0 Å². The summed E-state index contributed by atoms with van der Waals surface area (Å²) in [6.45, 7) is 2.20. The molecule has 1 fully saturated rings. The van der Waals surface area contributed by atoms with Gasteiger partial charge in [-0.3, -0.25) is 0 Å². The molecule has 1 aliphatic rings. The standard InChI is InChI=1S/C14H17N3O/c1-9-7-11(9)14-16-13(18-17-14)8-12(15)10-5-3-2-4-6-10/h2-6,9,11-12H,7-8,15H2,1H3. The first-order valence-electron chi connectivity index (χ1n) is 6.37. The van der Waals surface area contributed by atoms with Crippen molar-refractivity contribution >= 4 is 0 Å². The lowest BCUT2D eigenvalue weighted by Crippen LogP contribution is -2.13. The summed E-state index contributed by atoms with van der Waals surface area (Å²) >= 11 is 0. The fourth-order valence-electron chi connectivity index (χ4n) is 2.19. The molecular weight excluding hydrogens is 226 g/mol. The van der Waals surface area contributed by atoms with Crippen LogP contribution in [0.15, 0.2) is 34.9 Å². The second kappa shape index (κ2) is 4.53. The third-order valence-corrected chi connectivity index (χ3v) is 3.55. The maximum Gasteiger partial charge on any atom is 0.228 e. The molecule has 1 saturated carbocycles. The Labute approximate surface area is 106 Å². The van der Waals surface area contributed by atoms with E-state index in [1.165, 1.54) is 6.42 Å². The van der Waals surface area contributed by atoms with Crippen LogP contribution in [0.4, 0.5) is 0 Å². The first kappa shape index (κ1) is 11.4. The zero-order valence-corrected chi connectivity index (χ0v) is 10.4. The molecule has 0 saturated heterocycles. The van der Waals surface area contributed by atoms with Gasteiger partial charge in [-0.1, -0.05) is 42.4 Å². The molecular formula is C14H17N3O. The van der Waals surface area contributed by atoms with Crippen LogP contribution in [-0.2, 0) is 6.42 Å². The van der Waals surface area contributed by atoms with Crippen LogP contribution < -0.4 is 5.73 Å². The van der Waals surface area contributed by atoms with Crippen molar-refractivity contribution < 1.29 is 4.52 Å². The monoisotopic (exact) mass is 243 g/mol. The first-order chi connectivity index (χ1) is 8.74. The highest BCUT2D eigenvalue weighted by Gasteiger charge is 2.38. The summed E-state index contributed by atoms with van der Waals surface area (Å²) in [5.74, 6) is 2.67. The smallest absolute Gasteiger partial charge is 0.228 e. The summed E-state index contributed by atoms with van der Waals surface area (Å²) in [5.41, 5.74) is 7.22. The van der Waals surface area contributed by atoms with Crippen molar-refractivity contribution in [3.63, 3.8) is 0 Å². The Morgan fingerprint density at radius 3 is 2.78 bits per heavy atom. The first-order valence-corrected chi connectivity index (χ1v) is 6.37. The third kappa shape index (κ3) is 2.29.